The van der Waals surface area contributed by atoms with E-state index < -0.39 is 0 Å². The third kappa shape index (κ3) is 5.10. The first kappa shape index (κ1) is 21.0. The lowest BCUT2D eigenvalue weighted by Gasteiger charge is -2.34. The topological polar surface area (TPSA) is 80.9 Å². The first-order valence-electron chi connectivity index (χ1n) is 10.2. The molecule has 0 unspecified atom stereocenters. The zero-order chi connectivity index (χ0) is 21.6. The summed E-state index contributed by atoms with van der Waals surface area (Å²) in [5.74, 6) is 1.97. The summed E-state index contributed by atoms with van der Waals surface area (Å²) in [5, 5.41) is 4.08. The number of amides is 1. The van der Waals surface area contributed by atoms with Crippen LogP contribution in [0, 0.1) is 0 Å². The predicted molar refractivity (Wildman–Crippen MR) is 115 cm³/mol. The van der Waals surface area contributed by atoms with Gasteiger partial charge in [0.2, 0.25) is 11.7 Å². The number of benzene rings is 2. The summed E-state index contributed by atoms with van der Waals surface area (Å²) in [6, 6.07) is 15.1. The van der Waals surface area contributed by atoms with Gasteiger partial charge in [0, 0.05) is 44.4 Å². The van der Waals surface area contributed by atoms with E-state index in [9.17, 15) is 4.79 Å². The molecule has 1 aliphatic rings. The first-order valence-corrected chi connectivity index (χ1v) is 10.2. The van der Waals surface area contributed by atoms with Crippen molar-refractivity contribution in [3.63, 3.8) is 0 Å². The zero-order valence-electron chi connectivity index (χ0n) is 17.8. The van der Waals surface area contributed by atoms with E-state index in [2.05, 4.69) is 15.0 Å². The lowest BCUT2D eigenvalue weighted by atomic mass is 10.1. The third-order valence-corrected chi connectivity index (χ3v) is 5.35. The van der Waals surface area contributed by atoms with Crippen LogP contribution >= 0.6 is 0 Å². The Morgan fingerprint density at radius 3 is 2.35 bits per heavy atom. The SMILES string of the molecule is COCc1ccc(C(=O)N2CCN(Cc3nc(-c4ccc(OC)cc4)no3)CC2)cc1. The minimum Gasteiger partial charge on any atom is -0.497 e. The number of rotatable bonds is 7. The molecule has 1 aromatic heterocycles. The normalized spacial score (nSPS) is 14.6. The van der Waals surface area contributed by atoms with E-state index in [4.69, 9.17) is 14.0 Å². The average Bonchev–Trinajstić information content (AvgIpc) is 3.28. The molecule has 1 aliphatic heterocycles. The van der Waals surface area contributed by atoms with E-state index >= 15 is 0 Å². The van der Waals surface area contributed by atoms with E-state index in [1.165, 1.54) is 0 Å². The number of nitrogens with zero attached hydrogens (tertiary/aromatic N) is 4. The molecule has 1 amide bonds. The van der Waals surface area contributed by atoms with Crippen LogP contribution in [0.3, 0.4) is 0 Å². The van der Waals surface area contributed by atoms with Gasteiger partial charge in [-0.2, -0.15) is 4.98 Å². The van der Waals surface area contributed by atoms with Crippen molar-refractivity contribution in [3.05, 3.63) is 65.5 Å². The number of hydrogen-bond acceptors (Lipinski definition) is 7. The Morgan fingerprint density at radius 2 is 1.71 bits per heavy atom. The molecule has 0 saturated carbocycles. The van der Waals surface area contributed by atoms with E-state index in [0.29, 0.717) is 43.5 Å². The number of carbonyl (C=O) groups excluding carboxylic acids is 1. The van der Waals surface area contributed by atoms with E-state index in [-0.39, 0.29) is 5.91 Å². The van der Waals surface area contributed by atoms with Crippen molar-refractivity contribution < 1.29 is 18.8 Å². The van der Waals surface area contributed by atoms with Crippen molar-refractivity contribution in [2.45, 2.75) is 13.2 Å². The summed E-state index contributed by atoms with van der Waals surface area (Å²) in [7, 11) is 3.29. The van der Waals surface area contributed by atoms with Crippen LogP contribution in [-0.2, 0) is 17.9 Å². The highest BCUT2D eigenvalue weighted by Gasteiger charge is 2.23. The van der Waals surface area contributed by atoms with E-state index in [0.717, 1.165) is 30.0 Å². The molecular weight excluding hydrogens is 396 g/mol. The van der Waals surface area contributed by atoms with Crippen LogP contribution in [0.4, 0.5) is 0 Å². The minimum atomic E-state index is 0.0585. The standard InChI is InChI=1S/C23H26N4O4/c1-29-16-17-3-5-19(6-4-17)23(28)27-13-11-26(12-14-27)15-21-24-22(25-31-21)18-7-9-20(30-2)10-8-18/h3-10H,11-16H2,1-2H3. The number of carbonyl (C=O) groups is 1. The van der Waals surface area contributed by atoms with E-state index in [1.807, 2.05) is 53.4 Å². The largest absolute Gasteiger partial charge is 0.497 e. The fourth-order valence-electron chi connectivity index (χ4n) is 3.57. The monoisotopic (exact) mass is 422 g/mol. The quantitative estimate of drug-likeness (QED) is 0.579. The molecule has 0 N–H and O–H groups in total. The maximum absolute atomic E-state index is 12.8. The number of piperazine rings is 1. The molecular formula is C23H26N4O4. The van der Waals surface area contributed by atoms with Gasteiger partial charge in [-0.05, 0) is 42.0 Å². The second-order valence-corrected chi connectivity index (χ2v) is 7.44. The Morgan fingerprint density at radius 1 is 1.00 bits per heavy atom. The van der Waals surface area contributed by atoms with Crippen LogP contribution in [0.25, 0.3) is 11.4 Å². The van der Waals surface area contributed by atoms with Gasteiger partial charge in [-0.1, -0.05) is 17.3 Å². The van der Waals surface area contributed by atoms with Crippen molar-refractivity contribution in [2.24, 2.45) is 0 Å². The van der Waals surface area contributed by atoms with Gasteiger partial charge >= 0.3 is 0 Å². The number of hydrogen-bond donors (Lipinski definition) is 0. The van der Waals surface area contributed by atoms with Crippen molar-refractivity contribution in [1.29, 1.82) is 0 Å². The maximum Gasteiger partial charge on any atom is 0.253 e. The molecule has 3 aromatic rings. The molecule has 1 fully saturated rings. The molecule has 8 nitrogen and oxygen atoms in total. The van der Waals surface area contributed by atoms with Gasteiger partial charge in [0.25, 0.3) is 5.91 Å². The molecule has 0 bridgehead atoms. The Kier molecular flexibility index (Phi) is 6.59. The minimum absolute atomic E-state index is 0.0585. The fourth-order valence-corrected chi connectivity index (χ4v) is 3.57. The first-order chi connectivity index (χ1) is 15.2. The van der Waals surface area contributed by atoms with Gasteiger partial charge in [-0.15, -0.1) is 0 Å². The lowest BCUT2D eigenvalue weighted by Crippen LogP contribution is -2.48. The summed E-state index contributed by atoms with van der Waals surface area (Å²) in [5.41, 5.74) is 2.63. The Balaban J connectivity index is 1.30. The van der Waals surface area contributed by atoms with E-state index in [1.54, 1.807) is 14.2 Å². The van der Waals surface area contributed by atoms with Crippen molar-refractivity contribution in [3.8, 4) is 17.1 Å². The molecule has 0 spiro atoms. The maximum atomic E-state index is 12.8. The van der Waals surface area contributed by atoms with Crippen LogP contribution in [0.15, 0.2) is 53.1 Å². The summed E-state index contributed by atoms with van der Waals surface area (Å²) < 4.78 is 15.7. The average molecular weight is 422 g/mol. The zero-order valence-corrected chi connectivity index (χ0v) is 17.8. The van der Waals surface area contributed by atoms with Gasteiger partial charge in [-0.3, -0.25) is 9.69 Å². The van der Waals surface area contributed by atoms with Gasteiger partial charge in [0.15, 0.2) is 0 Å². The third-order valence-electron chi connectivity index (χ3n) is 5.35. The molecule has 31 heavy (non-hydrogen) atoms. The second-order valence-electron chi connectivity index (χ2n) is 7.44. The molecule has 1 saturated heterocycles. The summed E-state index contributed by atoms with van der Waals surface area (Å²) in [6.45, 7) is 3.96. The molecule has 0 aliphatic carbocycles. The highest BCUT2D eigenvalue weighted by atomic mass is 16.5. The van der Waals surface area contributed by atoms with Crippen LogP contribution in [0.1, 0.15) is 21.8 Å². The van der Waals surface area contributed by atoms with Crippen molar-refractivity contribution in [2.75, 3.05) is 40.4 Å². The predicted octanol–water partition coefficient (Wildman–Crippen LogP) is 2.85. The smallest absolute Gasteiger partial charge is 0.253 e. The van der Waals surface area contributed by atoms with Crippen LogP contribution in [0.2, 0.25) is 0 Å². The van der Waals surface area contributed by atoms with Gasteiger partial charge in [0.05, 0.1) is 20.3 Å². The molecule has 8 heteroatoms. The second kappa shape index (κ2) is 9.72. The lowest BCUT2D eigenvalue weighted by molar-refractivity contribution is 0.0615. The van der Waals surface area contributed by atoms with Gasteiger partial charge in [0.1, 0.15) is 5.75 Å². The molecule has 2 heterocycles. The molecule has 0 radical (unpaired) electrons. The van der Waals surface area contributed by atoms with Crippen LogP contribution < -0.4 is 4.74 Å². The molecule has 162 valence electrons. The van der Waals surface area contributed by atoms with Crippen LogP contribution in [0.5, 0.6) is 5.75 Å². The Hall–Kier alpha value is -3.23. The number of methoxy groups -OCH3 is 2. The molecule has 2 aromatic carbocycles. The fraction of sp³-hybridized carbons (Fsp3) is 0.348. The van der Waals surface area contributed by atoms with Crippen LogP contribution in [-0.4, -0.2) is 66.2 Å². The van der Waals surface area contributed by atoms with Crippen molar-refractivity contribution >= 4 is 5.91 Å². The van der Waals surface area contributed by atoms with Gasteiger partial charge in [-0.25, -0.2) is 0 Å². The van der Waals surface area contributed by atoms with Crippen molar-refractivity contribution in [1.82, 2.24) is 19.9 Å². The number of aromatic nitrogens is 2. The molecule has 4 rings (SSSR count). The highest BCUT2D eigenvalue weighted by molar-refractivity contribution is 5.94. The number of ether oxygens (including phenoxy) is 2. The summed E-state index contributed by atoms with van der Waals surface area (Å²) in [6.07, 6.45) is 0. The van der Waals surface area contributed by atoms with Gasteiger partial charge < -0.3 is 18.9 Å². The molecule has 0 atom stereocenters. The Labute approximate surface area is 181 Å². The Bertz CT molecular complexity index is 993. The highest BCUT2D eigenvalue weighted by Crippen LogP contribution is 2.20. The summed E-state index contributed by atoms with van der Waals surface area (Å²) in [4.78, 5) is 21.4. The summed E-state index contributed by atoms with van der Waals surface area (Å²) >= 11 is 0.